The molecule has 0 atom stereocenters. The third kappa shape index (κ3) is 3.54. The number of ether oxygens (including phenoxy) is 1. The van der Waals surface area contributed by atoms with E-state index in [9.17, 15) is 26.3 Å². The van der Waals surface area contributed by atoms with E-state index in [1.165, 1.54) is 18.2 Å². The molecule has 0 saturated carbocycles. The molecule has 2 radical (unpaired) electrons. The fourth-order valence-electron chi connectivity index (χ4n) is 2.24. The van der Waals surface area contributed by atoms with Gasteiger partial charge in [-0.15, -0.1) is 23.4 Å². The Balaban J connectivity index is 2.04. The van der Waals surface area contributed by atoms with Crippen LogP contribution in [-0.2, 0) is 6.18 Å². The van der Waals surface area contributed by atoms with Gasteiger partial charge in [-0.05, 0) is 35.4 Å². The van der Waals surface area contributed by atoms with Gasteiger partial charge in [0.15, 0.2) is 5.65 Å². The normalized spacial score (nSPS) is 12.6. The lowest BCUT2D eigenvalue weighted by molar-refractivity contribution is -0.274. The average Bonchev–Trinajstić information content (AvgIpc) is 2.88. The maximum absolute atomic E-state index is 12.9. The molecule has 0 saturated heterocycles. The van der Waals surface area contributed by atoms with Crippen LogP contribution in [0, 0.1) is 0 Å². The number of fused-ring (bicyclic) bond motifs is 1. The van der Waals surface area contributed by atoms with Crippen molar-refractivity contribution in [2.45, 2.75) is 12.5 Å². The highest BCUT2D eigenvalue weighted by atomic mass is 19.4. The van der Waals surface area contributed by atoms with Crippen molar-refractivity contribution in [2.75, 3.05) is 0 Å². The van der Waals surface area contributed by atoms with Gasteiger partial charge in [-0.3, -0.25) is 4.40 Å². The Morgan fingerprint density at radius 1 is 0.960 bits per heavy atom. The van der Waals surface area contributed by atoms with Crippen molar-refractivity contribution in [3.05, 3.63) is 42.4 Å². The number of benzene rings is 1. The van der Waals surface area contributed by atoms with Crippen molar-refractivity contribution in [3.8, 4) is 16.9 Å². The van der Waals surface area contributed by atoms with Crippen molar-refractivity contribution in [1.82, 2.24) is 14.6 Å². The van der Waals surface area contributed by atoms with Gasteiger partial charge in [0.2, 0.25) is 5.82 Å². The molecule has 3 rings (SSSR count). The van der Waals surface area contributed by atoms with Crippen molar-refractivity contribution in [2.24, 2.45) is 0 Å². The predicted octanol–water partition coefficient (Wildman–Crippen LogP) is 3.11. The van der Waals surface area contributed by atoms with E-state index < -0.39 is 24.1 Å². The number of hydrogen-bond donors (Lipinski definition) is 0. The molecule has 1 aromatic carbocycles. The first-order valence-electron chi connectivity index (χ1n) is 6.62. The Hall–Kier alpha value is -2.72. The lowest BCUT2D eigenvalue weighted by atomic mass is 9.87. The first-order chi connectivity index (χ1) is 11.5. The predicted molar refractivity (Wildman–Crippen MR) is 75.5 cm³/mol. The van der Waals surface area contributed by atoms with E-state index in [1.54, 1.807) is 0 Å². The molecule has 4 nitrogen and oxygen atoms in total. The Morgan fingerprint density at radius 3 is 2.28 bits per heavy atom. The second kappa shape index (κ2) is 5.68. The number of halogens is 6. The molecule has 0 N–H and O–H groups in total. The maximum Gasteiger partial charge on any atom is 0.573 e. The zero-order chi connectivity index (χ0) is 18.4. The van der Waals surface area contributed by atoms with Gasteiger partial charge in [-0.2, -0.15) is 13.2 Å². The van der Waals surface area contributed by atoms with E-state index in [1.807, 2.05) is 0 Å². The molecule has 11 heteroatoms. The fourth-order valence-corrected chi connectivity index (χ4v) is 2.24. The number of nitrogens with zero attached hydrogens (tertiary/aromatic N) is 3. The molecule has 0 fully saturated rings. The van der Waals surface area contributed by atoms with E-state index >= 15 is 0 Å². The Kier molecular flexibility index (Phi) is 3.89. The second-order valence-electron chi connectivity index (χ2n) is 4.96. The average molecular weight is 357 g/mol. The summed E-state index contributed by atoms with van der Waals surface area (Å²) in [6.45, 7) is 0. The summed E-state index contributed by atoms with van der Waals surface area (Å²) in [5, 5.41) is 6.50. The van der Waals surface area contributed by atoms with Gasteiger partial charge in [-0.1, -0.05) is 11.5 Å². The van der Waals surface area contributed by atoms with Crippen molar-refractivity contribution >= 4 is 19.0 Å². The van der Waals surface area contributed by atoms with Crippen LogP contribution < -0.4 is 10.2 Å². The molecule has 3 aromatic rings. The molecule has 0 aliphatic heterocycles. The van der Waals surface area contributed by atoms with Crippen LogP contribution in [0.4, 0.5) is 26.3 Å². The highest BCUT2D eigenvalue weighted by Gasteiger charge is 2.37. The quantitative estimate of drug-likeness (QED) is 0.523. The Morgan fingerprint density at radius 2 is 1.68 bits per heavy atom. The molecular weight excluding hydrogens is 351 g/mol. The molecule has 0 bridgehead atoms. The minimum atomic E-state index is -4.88. The lowest BCUT2D eigenvalue weighted by Crippen LogP contribution is -2.18. The van der Waals surface area contributed by atoms with E-state index in [-0.39, 0.29) is 22.2 Å². The van der Waals surface area contributed by atoms with Gasteiger partial charge in [-0.25, -0.2) is 0 Å². The van der Waals surface area contributed by atoms with Crippen LogP contribution in [0.1, 0.15) is 5.82 Å². The fraction of sp³-hybridized carbons (Fsp3) is 0.143. The minimum absolute atomic E-state index is 0.0355. The van der Waals surface area contributed by atoms with Gasteiger partial charge >= 0.3 is 12.5 Å². The topological polar surface area (TPSA) is 39.4 Å². The molecule has 0 spiro atoms. The molecule has 0 aliphatic carbocycles. The van der Waals surface area contributed by atoms with Crippen molar-refractivity contribution in [3.63, 3.8) is 0 Å². The van der Waals surface area contributed by atoms with E-state index in [2.05, 4.69) is 14.9 Å². The number of alkyl halides is 6. The highest BCUT2D eigenvalue weighted by Crippen LogP contribution is 2.30. The lowest BCUT2D eigenvalue weighted by Gasteiger charge is -2.12. The Labute approximate surface area is 137 Å². The molecule has 0 unspecified atom stereocenters. The van der Waals surface area contributed by atoms with Crippen LogP contribution in [0.15, 0.2) is 36.5 Å². The highest BCUT2D eigenvalue weighted by molar-refractivity contribution is 6.36. The monoisotopic (exact) mass is 357 g/mol. The summed E-state index contributed by atoms with van der Waals surface area (Å²) in [5.41, 5.74) is 0.349. The first-order valence-corrected chi connectivity index (χ1v) is 6.62. The van der Waals surface area contributed by atoms with Crippen LogP contribution in [0.3, 0.4) is 0 Å². The summed E-state index contributed by atoms with van der Waals surface area (Å²) in [6.07, 6.45) is -8.49. The minimum Gasteiger partial charge on any atom is -0.406 e. The zero-order valence-electron chi connectivity index (χ0n) is 12.1. The van der Waals surface area contributed by atoms with E-state index in [0.717, 1.165) is 22.7 Å². The molecule has 128 valence electrons. The summed E-state index contributed by atoms with van der Waals surface area (Å²) in [6, 6.07) is 5.89. The van der Waals surface area contributed by atoms with Gasteiger partial charge in [0.1, 0.15) is 13.6 Å². The first kappa shape index (κ1) is 17.1. The third-order valence-electron chi connectivity index (χ3n) is 3.22. The smallest absolute Gasteiger partial charge is 0.406 e. The third-order valence-corrected chi connectivity index (χ3v) is 3.22. The van der Waals surface area contributed by atoms with Crippen LogP contribution in [0.25, 0.3) is 16.8 Å². The summed E-state index contributed by atoms with van der Waals surface area (Å²) in [4.78, 5) is 0. The number of rotatable bonds is 2. The zero-order valence-corrected chi connectivity index (χ0v) is 12.1. The molecular formula is C14H6BF6N3O. The number of aromatic nitrogens is 3. The van der Waals surface area contributed by atoms with Gasteiger partial charge in [0, 0.05) is 6.20 Å². The van der Waals surface area contributed by atoms with Gasteiger partial charge in [0.05, 0.1) is 0 Å². The molecule has 0 aliphatic rings. The molecule has 2 heterocycles. The summed E-state index contributed by atoms with van der Waals surface area (Å²) in [5.74, 6) is -1.75. The van der Waals surface area contributed by atoms with E-state index in [0.29, 0.717) is 0 Å². The van der Waals surface area contributed by atoms with Crippen LogP contribution >= 0.6 is 0 Å². The molecule has 2 aromatic heterocycles. The van der Waals surface area contributed by atoms with Gasteiger partial charge < -0.3 is 4.74 Å². The van der Waals surface area contributed by atoms with Crippen molar-refractivity contribution in [1.29, 1.82) is 0 Å². The van der Waals surface area contributed by atoms with Gasteiger partial charge in [0.25, 0.3) is 0 Å². The number of pyridine rings is 1. The largest absolute Gasteiger partial charge is 0.573 e. The summed E-state index contributed by atoms with van der Waals surface area (Å²) < 4.78 is 79.8. The Bertz CT molecular complexity index is 934. The second-order valence-corrected chi connectivity index (χ2v) is 4.96. The SMILES string of the molecule is [B]c1cc(OC(F)(F)F)ccc1-c1ccc2nnc(C(F)(F)F)n2c1. The number of hydrogen-bond acceptors (Lipinski definition) is 3. The van der Waals surface area contributed by atoms with Crippen LogP contribution in [0.5, 0.6) is 5.75 Å². The molecule has 0 amide bonds. The van der Waals surface area contributed by atoms with Crippen LogP contribution in [0.2, 0.25) is 0 Å². The molecule has 25 heavy (non-hydrogen) atoms. The van der Waals surface area contributed by atoms with Crippen molar-refractivity contribution < 1.29 is 31.1 Å². The maximum atomic E-state index is 12.9. The summed E-state index contributed by atoms with van der Waals surface area (Å²) in [7, 11) is 5.71. The standard InChI is InChI=1S/C14H6BF6N3O/c15-10-5-8(25-14(19,20)21)2-3-9(10)7-1-4-11-22-23-12(13(16,17)18)24(11)6-7/h1-6H. The van der Waals surface area contributed by atoms with Crippen LogP contribution in [-0.4, -0.2) is 28.8 Å². The van der Waals surface area contributed by atoms with E-state index in [4.69, 9.17) is 7.85 Å². The summed E-state index contributed by atoms with van der Waals surface area (Å²) >= 11 is 0.